The molecule has 11 heteroatoms. The molecule has 0 aliphatic heterocycles. The van der Waals surface area contributed by atoms with Gasteiger partial charge in [0, 0.05) is 17.3 Å². The minimum absolute atomic E-state index is 0.252. The average molecular weight is 440 g/mol. The number of pyridine rings is 1. The number of carbonyl (C=O) groups excluding carboxylic acids is 1. The van der Waals surface area contributed by atoms with Crippen LogP contribution >= 0.6 is 0 Å². The van der Waals surface area contributed by atoms with Gasteiger partial charge in [-0.3, -0.25) is 14.7 Å². The van der Waals surface area contributed by atoms with Crippen molar-refractivity contribution in [3.05, 3.63) is 64.7 Å². The van der Waals surface area contributed by atoms with Gasteiger partial charge in [-0.25, -0.2) is 0 Å². The molecule has 4 rings (SSSR count). The maximum Gasteiger partial charge on any atom is 0.405 e. The van der Waals surface area contributed by atoms with Crippen LogP contribution in [0.5, 0.6) is 0 Å². The number of nitrogens with zero attached hydrogens (tertiary/aromatic N) is 3. The number of nitrogens with one attached hydrogen (secondary N) is 3. The number of halogens is 3. The maximum atomic E-state index is 13.0. The molecule has 0 aliphatic carbocycles. The van der Waals surface area contributed by atoms with Crippen molar-refractivity contribution in [1.82, 2.24) is 20.1 Å². The molecule has 0 atom stereocenters. The Morgan fingerprint density at radius 1 is 1.25 bits per heavy atom. The van der Waals surface area contributed by atoms with E-state index in [1.807, 2.05) is 0 Å². The van der Waals surface area contributed by atoms with Gasteiger partial charge in [0.15, 0.2) is 0 Å². The molecule has 4 aromatic rings. The topological polar surface area (TPSA) is 116 Å². The number of benzene rings is 2. The van der Waals surface area contributed by atoms with Crippen LogP contribution in [0.1, 0.15) is 5.56 Å². The van der Waals surface area contributed by atoms with Crippen LogP contribution in [-0.4, -0.2) is 33.4 Å². The lowest BCUT2D eigenvalue weighted by Gasteiger charge is -2.13. The van der Waals surface area contributed by atoms with Crippen LogP contribution in [0.2, 0.25) is 0 Å². The van der Waals surface area contributed by atoms with Gasteiger partial charge in [0.25, 0.3) is 5.56 Å². The number of aromatic amines is 1. The van der Waals surface area contributed by atoms with E-state index in [9.17, 15) is 28.0 Å². The van der Waals surface area contributed by atoms with E-state index in [4.69, 9.17) is 0 Å². The number of rotatable bonds is 5. The molecule has 0 spiro atoms. The second-order valence-corrected chi connectivity index (χ2v) is 7.00. The van der Waals surface area contributed by atoms with Gasteiger partial charge < -0.3 is 15.2 Å². The first-order valence-electron chi connectivity index (χ1n) is 9.35. The number of carbonyl (C=O) groups is 1. The highest BCUT2D eigenvalue weighted by Crippen LogP contribution is 2.27. The zero-order valence-corrected chi connectivity index (χ0v) is 16.3. The summed E-state index contributed by atoms with van der Waals surface area (Å²) >= 11 is 0. The Bertz CT molecular complexity index is 1430. The minimum Gasteiger partial charge on any atom is -0.355 e. The normalized spacial score (nSPS) is 11.4. The molecule has 2 aromatic carbocycles. The van der Waals surface area contributed by atoms with Crippen LogP contribution < -0.4 is 16.2 Å². The molecule has 0 aliphatic rings. The Labute approximate surface area is 178 Å². The number of H-pyrrole nitrogens is 1. The largest absolute Gasteiger partial charge is 0.405 e. The Balaban J connectivity index is 1.69. The molecule has 0 saturated heterocycles. The molecule has 0 fully saturated rings. The minimum atomic E-state index is -4.54. The lowest BCUT2D eigenvalue weighted by Crippen LogP contribution is -2.37. The van der Waals surface area contributed by atoms with Crippen LogP contribution in [-0.2, 0) is 11.3 Å². The van der Waals surface area contributed by atoms with Crippen LogP contribution in [0.3, 0.4) is 0 Å². The van der Waals surface area contributed by atoms with Crippen molar-refractivity contribution in [2.75, 3.05) is 11.9 Å². The number of fused-ring (bicyclic) bond motifs is 2. The van der Waals surface area contributed by atoms with Crippen molar-refractivity contribution in [1.29, 1.82) is 5.26 Å². The predicted molar refractivity (Wildman–Crippen MR) is 111 cm³/mol. The van der Waals surface area contributed by atoms with Crippen molar-refractivity contribution in [3.8, 4) is 6.07 Å². The molecular formula is C21H15F3N6O2. The van der Waals surface area contributed by atoms with Crippen molar-refractivity contribution in [2.45, 2.75) is 12.7 Å². The summed E-state index contributed by atoms with van der Waals surface area (Å²) in [6.07, 6.45) is -1.65. The first kappa shape index (κ1) is 20.9. The van der Waals surface area contributed by atoms with Gasteiger partial charge >= 0.3 is 6.18 Å². The lowest BCUT2D eigenvalue weighted by molar-refractivity contribution is -0.138. The molecule has 8 nitrogen and oxygen atoms in total. The highest BCUT2D eigenvalue weighted by Gasteiger charge is 2.27. The van der Waals surface area contributed by atoms with Crippen molar-refractivity contribution in [3.63, 3.8) is 0 Å². The number of alkyl halides is 3. The standard InChI is InChI=1S/C21H15F3N6O2/c22-21(23,24)11-26-18(31)10-30-5-4-12-2-1-3-16(19(12)20(30)32)28-14-6-13(8-25)15-9-27-29-17(15)7-14/h1-7,9,28H,10-11H2,(H,26,31)(H,27,29). The summed E-state index contributed by atoms with van der Waals surface area (Å²) in [4.78, 5) is 24.9. The fraction of sp³-hybridized carbons (Fsp3) is 0.143. The second kappa shape index (κ2) is 8.07. The zero-order chi connectivity index (χ0) is 22.9. The van der Waals surface area contributed by atoms with Crippen molar-refractivity contribution >= 4 is 39.0 Å². The summed E-state index contributed by atoms with van der Waals surface area (Å²) in [6.45, 7) is -2.03. The first-order valence-corrected chi connectivity index (χ1v) is 9.35. The Kier molecular flexibility index (Phi) is 5.28. The van der Waals surface area contributed by atoms with Gasteiger partial charge in [0.05, 0.1) is 34.4 Å². The summed E-state index contributed by atoms with van der Waals surface area (Å²) < 4.78 is 38.0. The number of anilines is 2. The second-order valence-electron chi connectivity index (χ2n) is 7.00. The third-order valence-corrected chi connectivity index (χ3v) is 4.76. The Morgan fingerprint density at radius 3 is 2.81 bits per heavy atom. The molecule has 1 amide bonds. The molecule has 0 radical (unpaired) electrons. The SMILES string of the molecule is N#Cc1cc(Nc2cccc3ccn(CC(=O)NCC(F)(F)F)c(=O)c23)cc2[nH]ncc12. The summed E-state index contributed by atoms with van der Waals surface area (Å²) in [5.74, 6) is -0.933. The van der Waals surface area contributed by atoms with E-state index in [-0.39, 0.29) is 5.39 Å². The van der Waals surface area contributed by atoms with Crippen molar-refractivity contribution < 1.29 is 18.0 Å². The molecule has 2 heterocycles. The van der Waals surface area contributed by atoms with Crippen molar-refractivity contribution in [2.24, 2.45) is 0 Å². The third kappa shape index (κ3) is 4.24. The fourth-order valence-electron chi connectivity index (χ4n) is 3.34. The van der Waals surface area contributed by atoms with E-state index < -0.39 is 30.7 Å². The predicted octanol–water partition coefficient (Wildman–Crippen LogP) is 3.17. The van der Waals surface area contributed by atoms with Gasteiger partial charge in [-0.15, -0.1) is 0 Å². The van der Waals surface area contributed by atoms with Gasteiger partial charge in [-0.05, 0) is 29.7 Å². The van der Waals surface area contributed by atoms with Gasteiger partial charge in [-0.1, -0.05) is 12.1 Å². The third-order valence-electron chi connectivity index (χ3n) is 4.76. The quantitative estimate of drug-likeness (QED) is 0.441. The van der Waals surface area contributed by atoms with E-state index in [1.54, 1.807) is 41.7 Å². The average Bonchev–Trinajstić information content (AvgIpc) is 3.22. The van der Waals surface area contributed by atoms with E-state index >= 15 is 0 Å². The van der Waals surface area contributed by atoms with Crippen LogP contribution in [0.25, 0.3) is 21.7 Å². The number of nitriles is 1. The molecule has 0 unspecified atom stereocenters. The van der Waals surface area contributed by atoms with E-state index in [1.165, 1.54) is 12.4 Å². The number of amides is 1. The summed E-state index contributed by atoms with van der Waals surface area (Å²) in [7, 11) is 0. The highest BCUT2D eigenvalue weighted by atomic mass is 19.4. The first-order chi connectivity index (χ1) is 15.2. The van der Waals surface area contributed by atoms with E-state index in [0.29, 0.717) is 33.2 Å². The van der Waals surface area contributed by atoms with Crippen LogP contribution in [0, 0.1) is 11.3 Å². The molecule has 3 N–H and O–H groups in total. The number of hydrogen-bond acceptors (Lipinski definition) is 5. The summed E-state index contributed by atoms with van der Waals surface area (Å²) in [5, 5.41) is 22.5. The molecule has 0 bridgehead atoms. The highest BCUT2D eigenvalue weighted by molar-refractivity contribution is 5.96. The van der Waals surface area contributed by atoms with Crippen LogP contribution in [0.4, 0.5) is 24.5 Å². The molecule has 0 saturated carbocycles. The molecular weight excluding hydrogens is 425 g/mol. The van der Waals surface area contributed by atoms with Gasteiger partial charge in [0.1, 0.15) is 13.1 Å². The Hall–Kier alpha value is -4.33. The Morgan fingerprint density at radius 2 is 2.06 bits per heavy atom. The van der Waals surface area contributed by atoms with Crippen LogP contribution in [0.15, 0.2) is 53.6 Å². The lowest BCUT2D eigenvalue weighted by atomic mass is 10.1. The van der Waals surface area contributed by atoms with Gasteiger partial charge in [-0.2, -0.15) is 23.5 Å². The summed E-state index contributed by atoms with van der Waals surface area (Å²) in [5.41, 5.74) is 1.42. The van der Waals surface area contributed by atoms with E-state index in [0.717, 1.165) is 4.57 Å². The number of hydrogen-bond donors (Lipinski definition) is 3. The molecule has 32 heavy (non-hydrogen) atoms. The molecule has 162 valence electrons. The maximum absolute atomic E-state index is 13.0. The fourth-order valence-corrected chi connectivity index (χ4v) is 3.34. The molecule has 2 aromatic heterocycles. The monoisotopic (exact) mass is 440 g/mol. The van der Waals surface area contributed by atoms with Gasteiger partial charge in [0.2, 0.25) is 5.91 Å². The smallest absolute Gasteiger partial charge is 0.355 e. The summed E-state index contributed by atoms with van der Waals surface area (Å²) in [6, 6.07) is 12.1. The van der Waals surface area contributed by atoms with E-state index in [2.05, 4.69) is 21.6 Å². The number of aromatic nitrogens is 3. The zero-order valence-electron chi connectivity index (χ0n) is 16.3.